The Kier molecular flexibility index (Phi) is 4.05. The van der Waals surface area contributed by atoms with E-state index in [9.17, 15) is 9.59 Å². The van der Waals surface area contributed by atoms with Crippen LogP contribution >= 0.6 is 11.3 Å². The average Bonchev–Trinajstić information content (AvgIpc) is 3.27. The Labute approximate surface area is 151 Å². The van der Waals surface area contributed by atoms with Crippen molar-refractivity contribution < 1.29 is 9.53 Å². The zero-order chi connectivity index (χ0) is 18.1. The van der Waals surface area contributed by atoms with Gasteiger partial charge in [0.05, 0.1) is 5.69 Å². The van der Waals surface area contributed by atoms with Crippen LogP contribution in [0.4, 0.5) is 0 Å². The molecule has 4 rings (SSSR count). The van der Waals surface area contributed by atoms with Crippen molar-refractivity contribution in [3.8, 4) is 11.3 Å². The number of carbonyl (C=O) groups excluding carboxylic acids is 1. The van der Waals surface area contributed by atoms with Gasteiger partial charge in [-0.25, -0.2) is 9.78 Å². The van der Waals surface area contributed by atoms with Crippen LogP contribution in [0.2, 0.25) is 0 Å². The van der Waals surface area contributed by atoms with Gasteiger partial charge in [-0.1, -0.05) is 41.7 Å². The smallest absolute Gasteiger partial charge is 0.356 e. The van der Waals surface area contributed by atoms with Crippen molar-refractivity contribution in [2.24, 2.45) is 0 Å². The summed E-state index contributed by atoms with van der Waals surface area (Å²) in [5, 5.41) is 11.4. The van der Waals surface area contributed by atoms with E-state index >= 15 is 0 Å². The fraction of sp³-hybridized carbons (Fsp3) is 0.118. The molecule has 9 heteroatoms. The number of aromatic nitrogens is 5. The lowest BCUT2D eigenvalue weighted by Crippen LogP contribution is -2.14. The number of hydrogen-bond acceptors (Lipinski definition) is 7. The van der Waals surface area contributed by atoms with Crippen molar-refractivity contribution in [3.05, 3.63) is 69.2 Å². The van der Waals surface area contributed by atoms with Crippen LogP contribution in [0.25, 0.3) is 16.2 Å². The Balaban J connectivity index is 1.48. The lowest BCUT2D eigenvalue weighted by Gasteiger charge is -1.98. The van der Waals surface area contributed by atoms with Crippen LogP contribution in [0.1, 0.15) is 21.2 Å². The molecule has 0 atom stereocenters. The number of benzene rings is 1. The van der Waals surface area contributed by atoms with Crippen molar-refractivity contribution in [3.63, 3.8) is 0 Å². The van der Waals surface area contributed by atoms with Gasteiger partial charge in [0, 0.05) is 17.3 Å². The number of rotatable bonds is 4. The Morgan fingerprint density at radius 3 is 2.88 bits per heavy atom. The van der Waals surface area contributed by atoms with E-state index in [0.717, 1.165) is 5.56 Å². The van der Waals surface area contributed by atoms with E-state index in [1.54, 1.807) is 13.0 Å². The number of nitrogens with one attached hydrogen (secondary N) is 1. The fourth-order valence-electron chi connectivity index (χ4n) is 2.41. The topological polar surface area (TPSA) is 102 Å². The second kappa shape index (κ2) is 6.52. The minimum atomic E-state index is -0.546. The number of hydrogen-bond donors (Lipinski definition) is 1. The highest BCUT2D eigenvalue weighted by molar-refractivity contribution is 7.16. The van der Waals surface area contributed by atoms with E-state index in [1.165, 1.54) is 21.9 Å². The largest absolute Gasteiger partial charge is 0.453 e. The normalized spacial score (nSPS) is 11.0. The molecule has 8 nitrogen and oxygen atoms in total. The van der Waals surface area contributed by atoms with E-state index < -0.39 is 5.97 Å². The molecule has 0 amide bonds. The highest BCUT2D eigenvalue weighted by Gasteiger charge is 2.14. The minimum Gasteiger partial charge on any atom is -0.453 e. The van der Waals surface area contributed by atoms with Gasteiger partial charge in [-0.2, -0.15) is 14.7 Å². The molecule has 0 fully saturated rings. The molecule has 130 valence electrons. The van der Waals surface area contributed by atoms with Crippen LogP contribution in [0.5, 0.6) is 0 Å². The molecule has 3 aromatic heterocycles. The van der Waals surface area contributed by atoms with Gasteiger partial charge < -0.3 is 4.74 Å². The summed E-state index contributed by atoms with van der Waals surface area (Å²) in [7, 11) is 0. The van der Waals surface area contributed by atoms with E-state index in [2.05, 4.69) is 20.3 Å². The van der Waals surface area contributed by atoms with Crippen LogP contribution in [0.15, 0.2) is 47.3 Å². The molecule has 0 saturated carbocycles. The molecule has 0 unspecified atom stereocenters. The van der Waals surface area contributed by atoms with E-state index in [-0.39, 0.29) is 17.9 Å². The Hall–Kier alpha value is -3.33. The van der Waals surface area contributed by atoms with Gasteiger partial charge in [0.15, 0.2) is 5.01 Å². The number of aromatic amines is 1. The van der Waals surface area contributed by atoms with Gasteiger partial charge in [-0.05, 0) is 13.0 Å². The molecule has 1 N–H and O–H groups in total. The number of fused-ring (bicyclic) bond motifs is 1. The molecule has 1 aromatic carbocycles. The van der Waals surface area contributed by atoms with Gasteiger partial charge in [0.25, 0.3) is 5.56 Å². The lowest BCUT2D eigenvalue weighted by molar-refractivity contribution is 0.0464. The van der Waals surface area contributed by atoms with E-state index in [4.69, 9.17) is 4.74 Å². The number of esters is 1. The van der Waals surface area contributed by atoms with E-state index in [0.29, 0.717) is 21.4 Å². The first-order valence-corrected chi connectivity index (χ1v) is 8.56. The molecule has 0 radical (unpaired) electrons. The van der Waals surface area contributed by atoms with Crippen molar-refractivity contribution in [2.45, 2.75) is 13.5 Å². The first-order valence-electron chi connectivity index (χ1n) is 7.74. The maximum absolute atomic E-state index is 12.2. The van der Waals surface area contributed by atoms with Gasteiger partial charge in [-0.15, -0.1) is 0 Å². The molecule has 4 aromatic rings. The van der Waals surface area contributed by atoms with Crippen molar-refractivity contribution in [1.82, 2.24) is 24.8 Å². The van der Waals surface area contributed by atoms with Crippen LogP contribution in [0.3, 0.4) is 0 Å². The maximum atomic E-state index is 12.2. The number of aryl methyl sites for hydroxylation is 1. The molecule has 0 aliphatic heterocycles. The van der Waals surface area contributed by atoms with Gasteiger partial charge in [0.1, 0.15) is 12.3 Å². The van der Waals surface area contributed by atoms with Gasteiger partial charge >= 0.3 is 5.97 Å². The summed E-state index contributed by atoms with van der Waals surface area (Å²) in [5.41, 5.74) is 2.16. The number of carbonyl (C=O) groups is 1. The zero-order valence-electron chi connectivity index (χ0n) is 13.7. The van der Waals surface area contributed by atoms with E-state index in [1.807, 2.05) is 30.3 Å². The highest BCUT2D eigenvalue weighted by Crippen LogP contribution is 2.18. The number of ether oxygens (including phenoxy) is 1. The van der Waals surface area contributed by atoms with Crippen LogP contribution in [0, 0.1) is 6.92 Å². The lowest BCUT2D eigenvalue weighted by atomic mass is 10.1. The van der Waals surface area contributed by atoms with Crippen molar-refractivity contribution >= 4 is 22.3 Å². The van der Waals surface area contributed by atoms with Gasteiger partial charge in [-0.3, -0.25) is 9.89 Å². The summed E-state index contributed by atoms with van der Waals surface area (Å²) in [5.74, 6) is -0.546. The third-order valence-electron chi connectivity index (χ3n) is 3.61. The zero-order valence-corrected chi connectivity index (χ0v) is 14.5. The standard InChI is InChI=1S/C17H13N5O3S/c1-10-7-15(23)22-17(18-10)26-14(21-22)9-25-16(24)13-8-12(19-20-13)11-5-3-2-4-6-11/h2-8H,9H2,1H3,(H,19,20). The molecule has 26 heavy (non-hydrogen) atoms. The SMILES string of the molecule is Cc1cc(=O)n2nc(COC(=O)c3cc(-c4ccccc4)n[nH]3)sc2n1. The monoisotopic (exact) mass is 367 g/mol. The summed E-state index contributed by atoms with van der Waals surface area (Å²) in [4.78, 5) is 28.8. The molecule has 3 heterocycles. The Bertz CT molecular complexity index is 1150. The third kappa shape index (κ3) is 3.11. The Morgan fingerprint density at radius 1 is 1.27 bits per heavy atom. The molecular formula is C17H13N5O3S. The van der Waals surface area contributed by atoms with Crippen LogP contribution in [-0.4, -0.2) is 30.8 Å². The van der Waals surface area contributed by atoms with Crippen LogP contribution < -0.4 is 5.56 Å². The first kappa shape index (κ1) is 16.2. The molecular weight excluding hydrogens is 354 g/mol. The first-order chi connectivity index (χ1) is 12.6. The number of H-pyrrole nitrogens is 1. The summed E-state index contributed by atoms with van der Waals surface area (Å²) in [6.07, 6.45) is 0. The molecule has 0 saturated heterocycles. The predicted octanol–water partition coefficient (Wildman–Crippen LogP) is 2.21. The predicted molar refractivity (Wildman–Crippen MR) is 95.0 cm³/mol. The molecule has 0 aliphatic rings. The van der Waals surface area contributed by atoms with Crippen LogP contribution in [-0.2, 0) is 11.3 Å². The van der Waals surface area contributed by atoms with Crippen molar-refractivity contribution in [1.29, 1.82) is 0 Å². The molecule has 0 bridgehead atoms. The minimum absolute atomic E-state index is 0.0506. The third-order valence-corrected chi connectivity index (χ3v) is 4.49. The van der Waals surface area contributed by atoms with Gasteiger partial charge in [0.2, 0.25) is 4.96 Å². The average molecular weight is 367 g/mol. The summed E-state index contributed by atoms with van der Waals surface area (Å²) < 4.78 is 6.46. The second-order valence-electron chi connectivity index (χ2n) is 5.53. The molecule has 0 aliphatic carbocycles. The summed E-state index contributed by atoms with van der Waals surface area (Å²) in [6.45, 7) is 1.69. The Morgan fingerprint density at radius 2 is 2.08 bits per heavy atom. The maximum Gasteiger partial charge on any atom is 0.356 e. The quantitative estimate of drug-likeness (QED) is 0.555. The summed E-state index contributed by atoms with van der Waals surface area (Å²) >= 11 is 1.20. The second-order valence-corrected chi connectivity index (χ2v) is 6.58. The summed E-state index contributed by atoms with van der Waals surface area (Å²) in [6, 6.07) is 12.5. The highest BCUT2D eigenvalue weighted by atomic mass is 32.1. The number of nitrogens with zero attached hydrogens (tertiary/aromatic N) is 4. The fourth-order valence-corrected chi connectivity index (χ4v) is 3.26. The molecule has 0 spiro atoms. The van der Waals surface area contributed by atoms with Crippen molar-refractivity contribution in [2.75, 3.05) is 0 Å².